The number of hydrogen-bond acceptors (Lipinski definition) is 6. The van der Waals surface area contributed by atoms with Crippen LogP contribution in [0, 0.1) is 0 Å². The number of halogens is 5. The van der Waals surface area contributed by atoms with Gasteiger partial charge >= 0.3 is 6.36 Å². The Bertz CT molecular complexity index is 1680. The number of hydrogen-bond donors (Lipinski definition) is 3. The fraction of sp³-hybridized carbons (Fsp3) is 0.400. The third kappa shape index (κ3) is 8.82. The van der Waals surface area contributed by atoms with Crippen LogP contribution in [0.2, 0.25) is 10.0 Å². The molecule has 256 valence electrons. The number of alkyl halides is 3. The molecule has 0 saturated carbocycles. The normalized spacial score (nSPS) is 17.9. The number of piperazine rings is 2. The second-order valence-electron chi connectivity index (χ2n) is 12.3. The molecule has 2 fully saturated rings. The van der Waals surface area contributed by atoms with E-state index in [0.717, 1.165) is 91.9 Å². The molecular weight excluding hydrogens is 664 g/mol. The molecule has 2 aliphatic heterocycles. The summed E-state index contributed by atoms with van der Waals surface area (Å²) in [5, 5.41) is 11.9. The average Bonchev–Trinajstić information content (AvgIpc) is 3.43. The smallest absolute Gasteiger partial charge is 0.406 e. The average molecular weight is 704 g/mol. The Hall–Kier alpha value is -3.32. The first-order valence-corrected chi connectivity index (χ1v) is 17.0. The summed E-state index contributed by atoms with van der Waals surface area (Å²) in [5.41, 5.74) is 4.91. The van der Waals surface area contributed by atoms with Crippen molar-refractivity contribution in [3.8, 4) is 11.4 Å². The molecule has 4 aromatic rings. The van der Waals surface area contributed by atoms with Crippen molar-refractivity contribution < 1.29 is 22.7 Å². The molecule has 8 nitrogen and oxygen atoms in total. The summed E-state index contributed by atoms with van der Waals surface area (Å²) >= 11 is 12.8. The van der Waals surface area contributed by atoms with Gasteiger partial charge in [0, 0.05) is 98.3 Å². The van der Waals surface area contributed by atoms with Crippen molar-refractivity contribution >= 4 is 40.0 Å². The van der Waals surface area contributed by atoms with Crippen molar-refractivity contribution in [3.63, 3.8) is 0 Å². The lowest BCUT2D eigenvalue weighted by molar-refractivity contribution is -0.274. The molecule has 0 bridgehead atoms. The van der Waals surface area contributed by atoms with Crippen LogP contribution in [-0.2, 0) is 24.3 Å². The Kier molecular flexibility index (Phi) is 11.1. The molecule has 3 heterocycles. The molecule has 0 aliphatic carbocycles. The standard InChI is InChI=1S/C35H39Cl2F3N6O2/c36-30-4-1-5-31(37)29(30)23-45-17-15-44(16-18-45)21-24-6-11-28-25(3-2-12-43-34(47)32-20-41-13-14-42-32)22-46(33(28)19-24)26-7-9-27(10-8-26)48-35(38,39)40/h1,4-11,19,22,32,41-42H,2-3,12-18,20-21,23H2,(H,43,47). The number of amides is 1. The summed E-state index contributed by atoms with van der Waals surface area (Å²) < 4.78 is 44.5. The van der Waals surface area contributed by atoms with Crippen LogP contribution < -0.4 is 20.7 Å². The molecule has 0 spiro atoms. The van der Waals surface area contributed by atoms with Crippen molar-refractivity contribution in [1.29, 1.82) is 0 Å². The molecule has 1 atom stereocenters. The number of fused-ring (bicyclic) bond motifs is 1. The maximum absolute atomic E-state index is 12.8. The first-order valence-electron chi connectivity index (χ1n) is 16.2. The molecule has 1 amide bonds. The minimum absolute atomic E-state index is 0.0102. The molecule has 0 radical (unpaired) electrons. The summed E-state index contributed by atoms with van der Waals surface area (Å²) in [6.07, 6.45) is -1.24. The van der Waals surface area contributed by atoms with E-state index in [4.69, 9.17) is 23.2 Å². The topological polar surface area (TPSA) is 73.8 Å². The maximum Gasteiger partial charge on any atom is 0.573 e. The van der Waals surface area contributed by atoms with Gasteiger partial charge in [-0.25, -0.2) is 0 Å². The van der Waals surface area contributed by atoms with Crippen molar-refractivity contribution in [1.82, 2.24) is 30.3 Å². The molecule has 3 aromatic carbocycles. The number of nitrogens with one attached hydrogen (secondary N) is 3. The van der Waals surface area contributed by atoms with E-state index in [0.29, 0.717) is 29.7 Å². The van der Waals surface area contributed by atoms with Crippen LogP contribution in [0.1, 0.15) is 23.1 Å². The maximum atomic E-state index is 12.8. The SMILES string of the molecule is O=C(NCCCc1cn(-c2ccc(OC(F)(F)F)cc2)c2cc(CN3CCN(Cc4c(Cl)cccc4Cl)CC3)ccc12)C1CNCCN1. The number of aromatic nitrogens is 1. The van der Waals surface area contributed by atoms with E-state index < -0.39 is 6.36 Å². The van der Waals surface area contributed by atoms with Gasteiger partial charge in [-0.15, -0.1) is 13.2 Å². The number of rotatable bonds is 11. The molecule has 2 aliphatic rings. The van der Waals surface area contributed by atoms with Crippen LogP contribution in [0.25, 0.3) is 16.6 Å². The molecule has 6 rings (SSSR count). The van der Waals surface area contributed by atoms with E-state index in [1.54, 1.807) is 12.1 Å². The van der Waals surface area contributed by atoms with E-state index >= 15 is 0 Å². The lowest BCUT2D eigenvalue weighted by Crippen LogP contribution is -2.55. The number of carbonyl (C=O) groups excluding carboxylic acids is 1. The van der Waals surface area contributed by atoms with Gasteiger partial charge in [-0.3, -0.25) is 14.6 Å². The van der Waals surface area contributed by atoms with Gasteiger partial charge in [0.2, 0.25) is 5.91 Å². The molecular formula is C35H39Cl2F3N6O2. The van der Waals surface area contributed by atoms with Gasteiger partial charge in [0.1, 0.15) is 5.75 Å². The lowest BCUT2D eigenvalue weighted by atomic mass is 10.1. The van der Waals surface area contributed by atoms with Gasteiger partial charge in [-0.1, -0.05) is 41.4 Å². The Morgan fingerprint density at radius 1 is 0.938 bits per heavy atom. The van der Waals surface area contributed by atoms with Crippen LogP contribution in [0.15, 0.2) is 66.9 Å². The van der Waals surface area contributed by atoms with Gasteiger partial charge in [0.15, 0.2) is 0 Å². The zero-order valence-corrected chi connectivity index (χ0v) is 28.0. The highest BCUT2D eigenvalue weighted by atomic mass is 35.5. The molecule has 2 saturated heterocycles. The largest absolute Gasteiger partial charge is 0.573 e. The molecule has 3 N–H and O–H groups in total. The van der Waals surface area contributed by atoms with Crippen molar-refractivity contribution in [2.24, 2.45) is 0 Å². The third-order valence-corrected chi connectivity index (χ3v) is 9.60. The highest BCUT2D eigenvalue weighted by Gasteiger charge is 2.31. The monoisotopic (exact) mass is 702 g/mol. The number of carbonyl (C=O) groups is 1. The fourth-order valence-electron chi connectivity index (χ4n) is 6.39. The molecule has 13 heteroatoms. The molecule has 48 heavy (non-hydrogen) atoms. The van der Waals surface area contributed by atoms with Crippen LogP contribution in [0.5, 0.6) is 5.75 Å². The fourth-order valence-corrected chi connectivity index (χ4v) is 6.90. The summed E-state index contributed by atoms with van der Waals surface area (Å²) in [4.78, 5) is 17.3. The van der Waals surface area contributed by atoms with Crippen LogP contribution >= 0.6 is 23.2 Å². The number of ether oxygens (including phenoxy) is 1. The lowest BCUT2D eigenvalue weighted by Gasteiger charge is -2.35. The Morgan fingerprint density at radius 3 is 2.31 bits per heavy atom. The van der Waals surface area contributed by atoms with E-state index in [1.807, 2.05) is 29.0 Å². The summed E-state index contributed by atoms with van der Waals surface area (Å²) in [5.74, 6) is -0.276. The Balaban J connectivity index is 1.15. The third-order valence-electron chi connectivity index (χ3n) is 8.90. The molecule has 1 unspecified atom stereocenters. The summed E-state index contributed by atoms with van der Waals surface area (Å²) in [7, 11) is 0. The minimum Gasteiger partial charge on any atom is -0.406 e. The first-order chi connectivity index (χ1) is 23.1. The summed E-state index contributed by atoms with van der Waals surface area (Å²) in [6, 6.07) is 17.7. The number of aryl methyl sites for hydroxylation is 1. The van der Waals surface area contributed by atoms with Crippen LogP contribution in [0.3, 0.4) is 0 Å². The van der Waals surface area contributed by atoms with Gasteiger partial charge in [-0.05, 0) is 66.4 Å². The number of nitrogens with zero attached hydrogens (tertiary/aromatic N) is 3. The van der Waals surface area contributed by atoms with Crippen LogP contribution in [0.4, 0.5) is 13.2 Å². The van der Waals surface area contributed by atoms with Gasteiger partial charge in [0.25, 0.3) is 0 Å². The zero-order chi connectivity index (χ0) is 33.7. The second kappa shape index (κ2) is 15.5. The van der Waals surface area contributed by atoms with Gasteiger partial charge < -0.3 is 25.3 Å². The van der Waals surface area contributed by atoms with E-state index in [2.05, 4.69) is 48.7 Å². The Morgan fingerprint density at radius 2 is 1.65 bits per heavy atom. The second-order valence-corrected chi connectivity index (χ2v) is 13.1. The summed E-state index contributed by atoms with van der Waals surface area (Å²) in [6.45, 7) is 7.81. The highest BCUT2D eigenvalue weighted by molar-refractivity contribution is 6.35. The Labute approximate surface area is 288 Å². The number of benzene rings is 3. The van der Waals surface area contributed by atoms with Gasteiger partial charge in [0.05, 0.1) is 11.6 Å². The zero-order valence-electron chi connectivity index (χ0n) is 26.5. The van der Waals surface area contributed by atoms with Crippen molar-refractivity contribution in [3.05, 3.63) is 93.6 Å². The van der Waals surface area contributed by atoms with Crippen molar-refractivity contribution in [2.45, 2.75) is 38.3 Å². The van der Waals surface area contributed by atoms with E-state index in [9.17, 15) is 18.0 Å². The van der Waals surface area contributed by atoms with Crippen molar-refractivity contribution in [2.75, 3.05) is 52.4 Å². The minimum atomic E-state index is -4.75. The quantitative estimate of drug-likeness (QED) is 0.173. The van der Waals surface area contributed by atoms with Gasteiger partial charge in [-0.2, -0.15) is 0 Å². The highest BCUT2D eigenvalue weighted by Crippen LogP contribution is 2.30. The van der Waals surface area contributed by atoms with Crippen LogP contribution in [-0.4, -0.2) is 85.0 Å². The first kappa shape index (κ1) is 34.5. The van der Waals surface area contributed by atoms with E-state index in [-0.39, 0.29) is 17.7 Å². The predicted octanol–water partition coefficient (Wildman–Crippen LogP) is 5.76. The van der Waals surface area contributed by atoms with E-state index in [1.165, 1.54) is 12.1 Å². The predicted molar refractivity (Wildman–Crippen MR) is 183 cm³/mol. The molecule has 1 aromatic heterocycles.